The second-order valence-electron chi connectivity index (χ2n) is 9.56. The molecule has 0 aliphatic heterocycles. The minimum atomic E-state index is -0.763. The summed E-state index contributed by atoms with van der Waals surface area (Å²) in [5.41, 5.74) is 0.258. The van der Waals surface area contributed by atoms with E-state index in [1.165, 1.54) is 18.7 Å². The van der Waals surface area contributed by atoms with Crippen molar-refractivity contribution in [2.45, 2.75) is 66.7 Å². The molecule has 0 saturated heterocycles. The quantitative estimate of drug-likeness (QED) is 0.253. The van der Waals surface area contributed by atoms with Crippen molar-refractivity contribution in [3.63, 3.8) is 0 Å². The van der Waals surface area contributed by atoms with Gasteiger partial charge in [0, 0.05) is 24.9 Å². The van der Waals surface area contributed by atoms with Gasteiger partial charge in [0.25, 0.3) is 6.47 Å². The molecule has 0 saturated carbocycles. The number of hydrogen-bond acceptors (Lipinski definition) is 8. The van der Waals surface area contributed by atoms with Crippen molar-refractivity contribution in [1.29, 1.82) is 0 Å². The first-order chi connectivity index (χ1) is 18.0. The van der Waals surface area contributed by atoms with Gasteiger partial charge in [0.05, 0.1) is 13.7 Å². The molecule has 2 N–H and O–H groups in total. The highest BCUT2D eigenvalue weighted by Gasteiger charge is 2.22. The minimum Gasteiger partial charge on any atom is -0.507 e. The number of methoxy groups -OCH3 is 1. The molecule has 2 aromatic rings. The molecule has 1 aromatic carbocycles. The van der Waals surface area contributed by atoms with Gasteiger partial charge < -0.3 is 24.3 Å². The number of Topliss-reactive ketones (excluding diaryl/α,β-unsaturated/α-hetero) is 1. The highest BCUT2D eigenvalue weighted by atomic mass is 16.5. The molecule has 1 aromatic heterocycles. The molecule has 0 aliphatic carbocycles. The van der Waals surface area contributed by atoms with Crippen molar-refractivity contribution >= 4 is 12.3 Å². The normalized spacial score (nSPS) is 11.2. The Balaban J connectivity index is 0.000000682. The van der Waals surface area contributed by atoms with Crippen molar-refractivity contribution in [2.75, 3.05) is 20.8 Å². The highest BCUT2D eigenvalue weighted by Crippen LogP contribution is 2.25. The van der Waals surface area contributed by atoms with Crippen LogP contribution in [0.25, 0.3) is 0 Å². The van der Waals surface area contributed by atoms with Crippen LogP contribution in [0.1, 0.15) is 81.5 Å². The molecule has 0 radical (unpaired) electrons. The molecule has 0 spiro atoms. The number of nitrogens with one attached hydrogen (secondary N) is 1. The fourth-order valence-electron chi connectivity index (χ4n) is 2.99. The van der Waals surface area contributed by atoms with E-state index in [1.807, 2.05) is 38.4 Å². The number of hydrogen-bond donors (Lipinski definition) is 2. The molecule has 1 heterocycles. The monoisotopic (exact) mass is 531 g/mol. The van der Waals surface area contributed by atoms with E-state index in [9.17, 15) is 14.7 Å². The maximum absolute atomic E-state index is 11.9. The van der Waals surface area contributed by atoms with Crippen LogP contribution in [0.5, 0.6) is 11.5 Å². The van der Waals surface area contributed by atoms with Gasteiger partial charge in [0.2, 0.25) is 0 Å². The summed E-state index contributed by atoms with van der Waals surface area (Å²) in [5.74, 6) is 1.00. The Bertz CT molecular complexity index is 1020. The summed E-state index contributed by atoms with van der Waals surface area (Å²) in [6.07, 6.45) is 6.53. The molecule has 1 unspecified atom stereocenters. The third-order valence-electron chi connectivity index (χ3n) is 5.34. The second kappa shape index (κ2) is 19.5. The van der Waals surface area contributed by atoms with Gasteiger partial charge in [-0.15, -0.1) is 0 Å². The average Bonchev–Trinajstić information content (AvgIpc) is 2.87. The lowest BCUT2D eigenvalue weighted by Gasteiger charge is -2.11. The van der Waals surface area contributed by atoms with E-state index < -0.39 is 11.4 Å². The Hall–Kier alpha value is -3.55. The predicted octanol–water partition coefficient (Wildman–Crippen LogP) is 6.01. The molecule has 1 atom stereocenters. The molecule has 0 aliphatic rings. The van der Waals surface area contributed by atoms with E-state index in [2.05, 4.69) is 43.0 Å². The molecule has 8 heteroatoms. The van der Waals surface area contributed by atoms with Crippen LogP contribution in [0.4, 0.5) is 0 Å². The molecule has 212 valence electrons. The number of ether oxygens (including phenoxy) is 2. The van der Waals surface area contributed by atoms with Crippen LogP contribution in [0, 0.1) is 18.8 Å². The summed E-state index contributed by atoms with van der Waals surface area (Å²) in [6, 6.07) is 9.57. The Kier molecular flexibility index (Phi) is 17.7. The summed E-state index contributed by atoms with van der Waals surface area (Å²) in [7, 11) is 3.13. The summed E-state index contributed by atoms with van der Waals surface area (Å²) >= 11 is 0. The van der Waals surface area contributed by atoms with Gasteiger partial charge in [-0.2, -0.15) is 0 Å². The predicted molar refractivity (Wildman–Crippen MR) is 151 cm³/mol. The first-order valence-corrected chi connectivity index (χ1v) is 12.9. The van der Waals surface area contributed by atoms with Gasteiger partial charge >= 0.3 is 5.63 Å². The summed E-state index contributed by atoms with van der Waals surface area (Å²) < 4.78 is 14.6. The Morgan fingerprint density at radius 2 is 1.71 bits per heavy atom. The first kappa shape index (κ1) is 34.5. The van der Waals surface area contributed by atoms with E-state index in [1.54, 1.807) is 13.8 Å². The van der Waals surface area contributed by atoms with E-state index >= 15 is 0 Å². The SMILES string of the molecule is CN/C=C/CCC(C)c1cc(O)c(C(=O)C(C)C)c(=O)o1.COC=O.Cc1ccc(OCCC(C)C)cc1. The smallest absolute Gasteiger partial charge is 0.350 e. The average molecular weight is 532 g/mol. The van der Waals surface area contributed by atoms with Crippen molar-refractivity contribution in [3.05, 3.63) is 69.9 Å². The zero-order valence-corrected chi connectivity index (χ0v) is 24.1. The summed E-state index contributed by atoms with van der Waals surface area (Å²) in [4.78, 5) is 32.7. The molecular weight excluding hydrogens is 486 g/mol. The minimum absolute atomic E-state index is 0.0201. The van der Waals surface area contributed by atoms with Crippen molar-refractivity contribution in [2.24, 2.45) is 11.8 Å². The number of carbonyl (C=O) groups is 2. The van der Waals surface area contributed by atoms with Crippen LogP contribution in [0.2, 0.25) is 0 Å². The van der Waals surface area contributed by atoms with Crippen molar-refractivity contribution in [1.82, 2.24) is 5.32 Å². The number of aromatic hydroxyl groups is 1. The van der Waals surface area contributed by atoms with Gasteiger partial charge in [0.1, 0.15) is 22.8 Å². The van der Waals surface area contributed by atoms with Gasteiger partial charge in [0.15, 0.2) is 5.78 Å². The lowest BCUT2D eigenvalue weighted by Crippen LogP contribution is -2.19. The first-order valence-electron chi connectivity index (χ1n) is 12.9. The Labute approximate surface area is 227 Å². The van der Waals surface area contributed by atoms with Crippen LogP contribution < -0.4 is 15.7 Å². The third-order valence-corrected chi connectivity index (χ3v) is 5.34. The molecule has 2 rings (SSSR count). The van der Waals surface area contributed by atoms with Gasteiger partial charge in [-0.1, -0.05) is 58.4 Å². The molecule has 0 fully saturated rings. The lowest BCUT2D eigenvalue weighted by molar-refractivity contribution is -0.126. The third kappa shape index (κ3) is 14.3. The van der Waals surface area contributed by atoms with Gasteiger partial charge in [-0.3, -0.25) is 9.59 Å². The topological polar surface area (TPSA) is 115 Å². The largest absolute Gasteiger partial charge is 0.507 e. The second-order valence-corrected chi connectivity index (χ2v) is 9.56. The lowest BCUT2D eigenvalue weighted by atomic mass is 9.99. The number of benzene rings is 1. The van der Waals surface area contributed by atoms with E-state index in [4.69, 9.17) is 13.9 Å². The maximum Gasteiger partial charge on any atom is 0.350 e. The Morgan fingerprint density at radius 3 is 2.18 bits per heavy atom. The zero-order chi connectivity index (χ0) is 29.1. The van der Waals surface area contributed by atoms with Gasteiger partial charge in [-0.05, 0) is 50.4 Å². The van der Waals surface area contributed by atoms with Crippen LogP contribution in [-0.4, -0.2) is 38.1 Å². The fourth-order valence-corrected chi connectivity index (χ4v) is 2.99. The van der Waals surface area contributed by atoms with E-state index in [0.29, 0.717) is 18.2 Å². The van der Waals surface area contributed by atoms with Gasteiger partial charge in [-0.25, -0.2) is 4.79 Å². The summed E-state index contributed by atoms with van der Waals surface area (Å²) in [5, 5.41) is 12.8. The van der Waals surface area contributed by atoms with Crippen LogP contribution in [0.3, 0.4) is 0 Å². The maximum atomic E-state index is 11.9. The molecule has 0 amide bonds. The number of rotatable bonds is 12. The standard InChI is InChI=1S/C16H23NO4.C12H18O.C2H4O2/c1-10(2)15(19)14-12(18)9-13(21-16(14)20)11(3)7-5-6-8-17-4;1-10(2)8-9-13-12-6-4-11(3)5-7-12;1-4-2-3/h6,8-11,17-18H,5,7H2,1-4H3;4-7,10H,8-9H2,1-3H3;2H,1H3/b8-6+;;. The zero-order valence-electron chi connectivity index (χ0n) is 24.1. The van der Waals surface area contributed by atoms with Crippen LogP contribution in [-0.2, 0) is 9.53 Å². The molecule has 0 bridgehead atoms. The number of carbonyl (C=O) groups excluding carboxylic acids is 2. The van der Waals surface area contributed by atoms with Crippen LogP contribution >= 0.6 is 0 Å². The fraction of sp³-hybridized carbons (Fsp3) is 0.500. The highest BCUT2D eigenvalue weighted by molar-refractivity contribution is 5.99. The molecule has 38 heavy (non-hydrogen) atoms. The van der Waals surface area contributed by atoms with E-state index in [0.717, 1.165) is 31.6 Å². The summed E-state index contributed by atoms with van der Waals surface area (Å²) in [6.45, 7) is 12.9. The number of allylic oxidation sites excluding steroid dienone is 1. The van der Waals surface area contributed by atoms with Crippen molar-refractivity contribution < 1.29 is 28.6 Å². The number of ketones is 1. The Morgan fingerprint density at radius 1 is 1.11 bits per heavy atom. The van der Waals surface area contributed by atoms with E-state index in [-0.39, 0.29) is 23.1 Å². The van der Waals surface area contributed by atoms with Crippen LogP contribution in [0.15, 0.2) is 51.8 Å². The molecule has 8 nitrogen and oxygen atoms in total. The molecular formula is C30H45NO7. The van der Waals surface area contributed by atoms with Crippen molar-refractivity contribution in [3.8, 4) is 11.5 Å². The number of aryl methyl sites for hydroxylation is 1.